The van der Waals surface area contributed by atoms with Gasteiger partial charge in [0.2, 0.25) is 0 Å². The highest BCUT2D eigenvalue weighted by atomic mass is 16.7. The molecule has 0 atom stereocenters. The summed E-state index contributed by atoms with van der Waals surface area (Å²) in [6, 6.07) is 5.68. The van der Waals surface area contributed by atoms with E-state index in [4.69, 9.17) is 4.52 Å². The Balaban J connectivity index is 2.88. The largest absolute Gasteiger partial charge is 0.366 e. The molecule has 2 rings (SSSR count). The average molecular weight is 163 g/mol. The van der Waals surface area contributed by atoms with E-state index in [0.717, 1.165) is 10.9 Å². The molecule has 0 aliphatic carbocycles. The van der Waals surface area contributed by atoms with Crippen LogP contribution in [0.15, 0.2) is 22.7 Å². The van der Waals surface area contributed by atoms with Gasteiger partial charge in [-0.2, -0.15) is 0 Å². The van der Waals surface area contributed by atoms with Crippen LogP contribution in [-0.2, 0) is 0 Å². The van der Waals surface area contributed by atoms with Crippen LogP contribution in [0.4, 0.5) is 0 Å². The summed E-state index contributed by atoms with van der Waals surface area (Å²) in [7, 11) is 0. The van der Waals surface area contributed by atoms with Gasteiger partial charge in [-0.15, -0.1) is 0 Å². The molecule has 0 N–H and O–H groups in total. The fourth-order valence-electron chi connectivity index (χ4n) is 1.26. The lowest BCUT2D eigenvalue weighted by Gasteiger charge is -1.89. The number of benzene rings is 1. The highest BCUT2D eigenvalue weighted by molar-refractivity contribution is 5.78. The quantitative estimate of drug-likeness (QED) is 0.554. The first-order valence-corrected chi connectivity index (χ1v) is 3.78. The molecule has 0 radical (unpaired) electrons. The number of hydrogen-bond donors (Lipinski definition) is 0. The van der Waals surface area contributed by atoms with Gasteiger partial charge in [-0.3, -0.25) is 5.21 Å². The van der Waals surface area contributed by atoms with Gasteiger partial charge in [0.05, 0.1) is 11.0 Å². The molecule has 0 bridgehead atoms. The first-order valence-electron chi connectivity index (χ1n) is 3.78. The van der Waals surface area contributed by atoms with Crippen LogP contribution in [0.5, 0.6) is 0 Å². The Kier molecular flexibility index (Phi) is 1.33. The van der Waals surface area contributed by atoms with Crippen molar-refractivity contribution in [3.05, 3.63) is 34.7 Å². The van der Waals surface area contributed by atoms with Crippen molar-refractivity contribution in [2.24, 2.45) is 0 Å². The topological polar surface area (TPSA) is 40.1 Å². The van der Waals surface area contributed by atoms with Crippen LogP contribution in [0.2, 0.25) is 0 Å². The van der Waals surface area contributed by atoms with Crippen LogP contribution in [0.25, 0.3) is 11.0 Å². The van der Waals surface area contributed by atoms with E-state index in [1.165, 1.54) is 0 Å². The maximum Gasteiger partial charge on any atom is 0.250 e. The third-order valence-corrected chi connectivity index (χ3v) is 1.98. The third-order valence-electron chi connectivity index (χ3n) is 1.98. The Morgan fingerprint density at radius 1 is 1.33 bits per heavy atom. The molecule has 0 fully saturated rings. The van der Waals surface area contributed by atoms with Gasteiger partial charge in [0, 0.05) is 11.8 Å². The second-order valence-corrected chi connectivity index (χ2v) is 2.93. The Bertz CT molecular complexity index is 431. The lowest BCUT2D eigenvalue weighted by atomic mass is 10.1. The van der Waals surface area contributed by atoms with Crippen molar-refractivity contribution < 1.29 is 9.43 Å². The van der Waals surface area contributed by atoms with Crippen molar-refractivity contribution in [3.8, 4) is 0 Å². The molecule has 0 saturated heterocycles. The number of aryl methyl sites for hydroxylation is 2. The Hall–Kier alpha value is -1.51. The molecular formula is C9H9NO2. The monoisotopic (exact) mass is 163 g/mol. The van der Waals surface area contributed by atoms with Crippen molar-refractivity contribution >= 4 is 11.0 Å². The maximum atomic E-state index is 11.0. The molecule has 1 aromatic heterocycles. The smallest absolute Gasteiger partial charge is 0.250 e. The highest BCUT2D eigenvalue weighted by Crippen LogP contribution is 2.17. The SMILES string of the molecule is Cc1ccc2o[n+]([O-])c(C)c2c1. The van der Waals surface area contributed by atoms with Gasteiger partial charge in [-0.25, -0.2) is 0 Å². The van der Waals surface area contributed by atoms with E-state index in [1.807, 2.05) is 25.1 Å². The molecule has 3 nitrogen and oxygen atoms in total. The van der Waals surface area contributed by atoms with Crippen molar-refractivity contribution in [1.82, 2.24) is 0 Å². The van der Waals surface area contributed by atoms with Crippen LogP contribution in [0.1, 0.15) is 11.3 Å². The predicted molar refractivity (Wildman–Crippen MR) is 44.6 cm³/mol. The first kappa shape index (κ1) is 7.16. The van der Waals surface area contributed by atoms with Crippen LogP contribution in [0.3, 0.4) is 0 Å². The normalized spacial score (nSPS) is 10.8. The molecule has 0 spiro atoms. The van der Waals surface area contributed by atoms with E-state index < -0.39 is 0 Å². The van der Waals surface area contributed by atoms with Gasteiger partial charge >= 0.3 is 0 Å². The second kappa shape index (κ2) is 2.24. The van der Waals surface area contributed by atoms with Gasteiger partial charge in [0.1, 0.15) is 0 Å². The Morgan fingerprint density at radius 3 is 2.83 bits per heavy atom. The first-order chi connectivity index (χ1) is 5.68. The summed E-state index contributed by atoms with van der Waals surface area (Å²) in [5, 5.41) is 11.9. The van der Waals surface area contributed by atoms with Gasteiger partial charge in [0.25, 0.3) is 5.69 Å². The molecule has 12 heavy (non-hydrogen) atoms. The number of hydrogen-bond acceptors (Lipinski definition) is 2. The van der Waals surface area contributed by atoms with Crippen molar-refractivity contribution in [2.75, 3.05) is 0 Å². The Labute approximate surface area is 69.8 Å². The zero-order chi connectivity index (χ0) is 8.72. The van der Waals surface area contributed by atoms with Crippen LogP contribution in [-0.4, -0.2) is 0 Å². The molecule has 0 aliphatic rings. The van der Waals surface area contributed by atoms with Crippen LogP contribution in [0, 0.1) is 19.1 Å². The van der Waals surface area contributed by atoms with E-state index in [2.05, 4.69) is 0 Å². The summed E-state index contributed by atoms with van der Waals surface area (Å²) in [5.41, 5.74) is 2.40. The van der Waals surface area contributed by atoms with Gasteiger partial charge in [0.15, 0.2) is 0 Å². The molecular weight excluding hydrogens is 154 g/mol. The standard InChI is InChI=1S/C9H9NO2/c1-6-3-4-9-8(5-6)7(2)10(11)12-9/h3-5H,1-2H3. The molecule has 2 aromatic rings. The molecule has 62 valence electrons. The number of fused-ring (bicyclic) bond motifs is 1. The molecule has 0 saturated carbocycles. The summed E-state index contributed by atoms with van der Waals surface area (Å²) < 4.78 is 4.91. The summed E-state index contributed by atoms with van der Waals surface area (Å²) in [4.78, 5) is 0.546. The molecule has 0 aliphatic heterocycles. The number of rotatable bonds is 0. The van der Waals surface area contributed by atoms with E-state index in [1.54, 1.807) is 6.92 Å². The zero-order valence-electron chi connectivity index (χ0n) is 7.00. The lowest BCUT2D eigenvalue weighted by molar-refractivity contribution is -0.792. The van der Waals surface area contributed by atoms with E-state index >= 15 is 0 Å². The van der Waals surface area contributed by atoms with Gasteiger partial charge in [-0.05, 0) is 19.1 Å². The van der Waals surface area contributed by atoms with Crippen LogP contribution < -0.4 is 4.90 Å². The highest BCUT2D eigenvalue weighted by Gasteiger charge is 2.09. The summed E-state index contributed by atoms with van der Waals surface area (Å²) in [5.74, 6) is 0. The molecule has 0 amide bonds. The van der Waals surface area contributed by atoms with Crippen molar-refractivity contribution in [2.45, 2.75) is 13.8 Å². The second-order valence-electron chi connectivity index (χ2n) is 2.93. The third kappa shape index (κ3) is 0.863. The fourth-order valence-corrected chi connectivity index (χ4v) is 1.26. The minimum atomic E-state index is 0.546. The molecule has 1 aromatic carbocycles. The maximum absolute atomic E-state index is 11.0. The Morgan fingerprint density at radius 2 is 2.08 bits per heavy atom. The minimum absolute atomic E-state index is 0.546. The molecule has 3 heteroatoms. The number of nitrogens with zero attached hydrogens (tertiary/aromatic N) is 1. The van der Waals surface area contributed by atoms with E-state index in [9.17, 15) is 5.21 Å². The fraction of sp³-hybridized carbons (Fsp3) is 0.222. The summed E-state index contributed by atoms with van der Waals surface area (Å²) >= 11 is 0. The zero-order valence-corrected chi connectivity index (χ0v) is 7.00. The van der Waals surface area contributed by atoms with E-state index in [-0.39, 0.29) is 0 Å². The van der Waals surface area contributed by atoms with Gasteiger partial charge in [-0.1, -0.05) is 11.6 Å². The predicted octanol–water partition coefficient (Wildman–Crippen LogP) is 1.68. The van der Waals surface area contributed by atoms with Crippen LogP contribution >= 0.6 is 0 Å². The number of aromatic nitrogens is 1. The average Bonchev–Trinajstić information content (AvgIpc) is 2.31. The van der Waals surface area contributed by atoms with Crippen molar-refractivity contribution in [1.29, 1.82) is 0 Å². The van der Waals surface area contributed by atoms with Gasteiger partial charge < -0.3 is 4.52 Å². The van der Waals surface area contributed by atoms with Crippen molar-refractivity contribution in [3.63, 3.8) is 0 Å². The summed E-state index contributed by atoms with van der Waals surface area (Å²) in [6.07, 6.45) is 0. The summed E-state index contributed by atoms with van der Waals surface area (Å²) in [6.45, 7) is 3.74. The lowest BCUT2D eigenvalue weighted by Crippen LogP contribution is -2.25. The molecule has 0 unspecified atom stereocenters. The minimum Gasteiger partial charge on any atom is -0.366 e. The van der Waals surface area contributed by atoms with E-state index in [0.29, 0.717) is 16.2 Å². The molecule has 1 heterocycles.